The molecular weight excluding hydrogens is 250 g/mol. The predicted molar refractivity (Wildman–Crippen MR) is 68.4 cm³/mol. The zero-order valence-corrected chi connectivity index (χ0v) is 10.9. The molecule has 0 amide bonds. The topological polar surface area (TPSA) is 97.2 Å². The van der Waals surface area contributed by atoms with E-state index in [-0.39, 0.29) is 29.5 Å². The first-order chi connectivity index (χ1) is 8.95. The van der Waals surface area contributed by atoms with E-state index in [2.05, 4.69) is 10.1 Å². The van der Waals surface area contributed by atoms with Crippen molar-refractivity contribution in [2.24, 2.45) is 0 Å². The Morgan fingerprint density at radius 2 is 2.26 bits per heavy atom. The van der Waals surface area contributed by atoms with E-state index >= 15 is 0 Å². The van der Waals surface area contributed by atoms with Gasteiger partial charge in [-0.1, -0.05) is 0 Å². The number of ether oxygens (including phenoxy) is 1. The summed E-state index contributed by atoms with van der Waals surface area (Å²) in [5, 5.41) is 14.2. The van der Waals surface area contributed by atoms with Crippen LogP contribution in [-0.4, -0.2) is 32.4 Å². The molecular formula is C12H15N3O4. The Labute approximate surface area is 108 Å². The highest BCUT2D eigenvalue weighted by molar-refractivity contribution is 6.03. The summed E-state index contributed by atoms with van der Waals surface area (Å²) in [4.78, 5) is 25.8. The summed E-state index contributed by atoms with van der Waals surface area (Å²) in [7, 11) is 0. The lowest BCUT2D eigenvalue weighted by atomic mass is 10.2. The maximum Gasteiger partial charge on any atom is 0.359 e. The zero-order valence-electron chi connectivity index (χ0n) is 10.9. The van der Waals surface area contributed by atoms with Gasteiger partial charge in [-0.25, -0.2) is 9.48 Å². The van der Waals surface area contributed by atoms with Crippen LogP contribution in [0.3, 0.4) is 0 Å². The molecule has 0 saturated carbocycles. The van der Waals surface area contributed by atoms with Crippen molar-refractivity contribution < 1.29 is 14.6 Å². The second-order valence-corrected chi connectivity index (χ2v) is 4.35. The van der Waals surface area contributed by atoms with Crippen molar-refractivity contribution in [2.75, 3.05) is 6.61 Å². The molecule has 2 rings (SSSR count). The Kier molecular flexibility index (Phi) is 3.28. The summed E-state index contributed by atoms with van der Waals surface area (Å²) in [6.45, 7) is 5.59. The molecule has 7 heteroatoms. The fourth-order valence-corrected chi connectivity index (χ4v) is 1.86. The molecule has 0 saturated heterocycles. The third-order valence-electron chi connectivity index (χ3n) is 2.63. The molecule has 7 nitrogen and oxygen atoms in total. The highest BCUT2D eigenvalue weighted by Crippen LogP contribution is 2.27. The number of aromatic amines is 1. The number of aromatic nitrogens is 3. The Balaban J connectivity index is 2.79. The summed E-state index contributed by atoms with van der Waals surface area (Å²) in [5.41, 5.74) is -0.149. The van der Waals surface area contributed by atoms with Crippen LogP contribution in [0.5, 0.6) is 5.75 Å². The summed E-state index contributed by atoms with van der Waals surface area (Å²) in [6.07, 6.45) is 0. The minimum absolute atomic E-state index is 0.000648. The number of nitrogens with one attached hydrogen (secondary N) is 1. The van der Waals surface area contributed by atoms with Gasteiger partial charge in [0.25, 0.3) is 5.56 Å². The molecule has 102 valence electrons. The number of hydrogen-bond acceptors (Lipinski definition) is 5. The second kappa shape index (κ2) is 4.75. The van der Waals surface area contributed by atoms with E-state index in [1.165, 1.54) is 4.68 Å². The van der Waals surface area contributed by atoms with E-state index in [4.69, 9.17) is 4.74 Å². The predicted octanol–water partition coefficient (Wildman–Crippen LogP) is 1.19. The van der Waals surface area contributed by atoms with Gasteiger partial charge in [-0.2, -0.15) is 5.10 Å². The van der Waals surface area contributed by atoms with Crippen LogP contribution >= 0.6 is 0 Å². The van der Waals surface area contributed by atoms with Crippen molar-refractivity contribution in [1.82, 2.24) is 14.8 Å². The first kappa shape index (κ1) is 13.1. The van der Waals surface area contributed by atoms with E-state index in [1.54, 1.807) is 6.92 Å². The molecule has 2 aromatic heterocycles. The van der Waals surface area contributed by atoms with Gasteiger partial charge in [-0.15, -0.1) is 0 Å². The van der Waals surface area contributed by atoms with Gasteiger partial charge in [0, 0.05) is 12.1 Å². The molecule has 0 atom stereocenters. The standard InChI is InChI=1S/C12H15N3O4/c1-4-19-12(18)10-9-7(16)5-8(17)13-11(9)15(14-10)6(2)3/h5-6H,4H2,1-3H3,(H2,13,16,17). The van der Waals surface area contributed by atoms with Crippen molar-refractivity contribution >= 4 is 17.0 Å². The van der Waals surface area contributed by atoms with E-state index < -0.39 is 11.5 Å². The molecule has 19 heavy (non-hydrogen) atoms. The van der Waals surface area contributed by atoms with Crippen LogP contribution in [0.15, 0.2) is 10.9 Å². The maximum absolute atomic E-state index is 11.8. The number of hydrogen-bond donors (Lipinski definition) is 2. The monoisotopic (exact) mass is 265 g/mol. The van der Waals surface area contributed by atoms with E-state index in [1.807, 2.05) is 13.8 Å². The van der Waals surface area contributed by atoms with Gasteiger partial charge >= 0.3 is 5.97 Å². The van der Waals surface area contributed by atoms with Crippen LogP contribution in [0.25, 0.3) is 11.0 Å². The molecule has 0 fully saturated rings. The van der Waals surface area contributed by atoms with Crippen LogP contribution < -0.4 is 5.56 Å². The molecule has 0 spiro atoms. The molecule has 0 unspecified atom stereocenters. The normalized spacial score (nSPS) is 11.2. The number of nitrogens with zero attached hydrogens (tertiary/aromatic N) is 2. The van der Waals surface area contributed by atoms with Crippen molar-refractivity contribution in [3.8, 4) is 5.75 Å². The quantitative estimate of drug-likeness (QED) is 0.812. The fourth-order valence-electron chi connectivity index (χ4n) is 1.86. The first-order valence-electron chi connectivity index (χ1n) is 5.97. The van der Waals surface area contributed by atoms with Gasteiger partial charge < -0.3 is 14.8 Å². The van der Waals surface area contributed by atoms with Crippen LogP contribution in [0.4, 0.5) is 0 Å². The minimum atomic E-state index is -0.630. The number of aromatic hydroxyl groups is 1. The van der Waals surface area contributed by atoms with Gasteiger partial charge in [0.15, 0.2) is 5.69 Å². The third kappa shape index (κ3) is 2.18. The smallest absolute Gasteiger partial charge is 0.359 e. The average molecular weight is 265 g/mol. The number of esters is 1. The molecule has 2 heterocycles. The van der Waals surface area contributed by atoms with Crippen molar-refractivity contribution in [3.63, 3.8) is 0 Å². The first-order valence-corrected chi connectivity index (χ1v) is 5.97. The van der Waals surface area contributed by atoms with Crippen molar-refractivity contribution in [1.29, 1.82) is 0 Å². The number of pyridine rings is 1. The summed E-state index contributed by atoms with van der Waals surface area (Å²) < 4.78 is 6.37. The van der Waals surface area contributed by atoms with Gasteiger partial charge in [0.2, 0.25) is 0 Å². The van der Waals surface area contributed by atoms with Gasteiger partial charge in [0.05, 0.1) is 12.0 Å². The number of H-pyrrole nitrogens is 1. The van der Waals surface area contributed by atoms with E-state index in [0.717, 1.165) is 6.07 Å². The number of fused-ring (bicyclic) bond motifs is 1. The Hall–Kier alpha value is -2.31. The zero-order chi connectivity index (χ0) is 14.2. The molecule has 0 bridgehead atoms. The van der Waals surface area contributed by atoms with Gasteiger partial charge in [-0.3, -0.25) is 4.79 Å². The lowest BCUT2D eigenvalue weighted by Crippen LogP contribution is -2.09. The number of carbonyl (C=O) groups is 1. The Morgan fingerprint density at radius 1 is 1.58 bits per heavy atom. The van der Waals surface area contributed by atoms with Gasteiger partial charge in [0.1, 0.15) is 11.4 Å². The fraction of sp³-hybridized carbons (Fsp3) is 0.417. The lowest BCUT2D eigenvalue weighted by Gasteiger charge is -2.05. The van der Waals surface area contributed by atoms with Crippen LogP contribution in [-0.2, 0) is 4.74 Å². The second-order valence-electron chi connectivity index (χ2n) is 4.35. The third-order valence-corrected chi connectivity index (χ3v) is 2.63. The summed E-state index contributed by atoms with van der Waals surface area (Å²) in [6, 6.07) is 0.931. The van der Waals surface area contributed by atoms with Crippen LogP contribution in [0, 0.1) is 0 Å². The average Bonchev–Trinajstić information content (AvgIpc) is 2.68. The van der Waals surface area contributed by atoms with E-state index in [0.29, 0.717) is 5.65 Å². The molecule has 2 N–H and O–H groups in total. The highest BCUT2D eigenvalue weighted by Gasteiger charge is 2.23. The number of carbonyl (C=O) groups excluding carboxylic acids is 1. The SMILES string of the molecule is CCOC(=O)c1nn(C(C)C)c2[nH]c(=O)cc(O)c12. The highest BCUT2D eigenvalue weighted by atomic mass is 16.5. The summed E-state index contributed by atoms with van der Waals surface area (Å²) >= 11 is 0. The molecule has 2 aromatic rings. The molecule has 0 aliphatic rings. The Bertz CT molecular complexity index is 684. The largest absolute Gasteiger partial charge is 0.507 e. The minimum Gasteiger partial charge on any atom is -0.507 e. The van der Waals surface area contributed by atoms with Crippen molar-refractivity contribution in [3.05, 3.63) is 22.1 Å². The van der Waals surface area contributed by atoms with Gasteiger partial charge in [-0.05, 0) is 20.8 Å². The van der Waals surface area contributed by atoms with Crippen molar-refractivity contribution in [2.45, 2.75) is 26.8 Å². The maximum atomic E-state index is 11.8. The Morgan fingerprint density at radius 3 is 2.84 bits per heavy atom. The van der Waals surface area contributed by atoms with Crippen LogP contribution in [0.1, 0.15) is 37.3 Å². The molecule has 0 aliphatic heterocycles. The lowest BCUT2D eigenvalue weighted by molar-refractivity contribution is 0.0520. The number of rotatable bonds is 3. The summed E-state index contributed by atoms with van der Waals surface area (Å²) in [5.74, 6) is -0.914. The molecule has 0 aliphatic carbocycles. The van der Waals surface area contributed by atoms with Crippen LogP contribution in [0.2, 0.25) is 0 Å². The van der Waals surface area contributed by atoms with E-state index in [9.17, 15) is 14.7 Å². The molecule has 0 aromatic carbocycles. The molecule has 0 radical (unpaired) electrons.